The van der Waals surface area contributed by atoms with E-state index in [0.29, 0.717) is 13.1 Å². The molecule has 1 aliphatic heterocycles. The summed E-state index contributed by atoms with van der Waals surface area (Å²) in [5, 5.41) is 21.9. The van der Waals surface area contributed by atoms with E-state index in [0.717, 1.165) is 11.9 Å². The van der Waals surface area contributed by atoms with Gasteiger partial charge in [0, 0.05) is 13.1 Å². The number of aromatic amines is 1. The van der Waals surface area contributed by atoms with Crippen molar-refractivity contribution in [3.63, 3.8) is 0 Å². The van der Waals surface area contributed by atoms with Crippen LogP contribution in [0, 0.1) is 16.7 Å². The van der Waals surface area contributed by atoms with E-state index in [1.165, 1.54) is 17.0 Å². The van der Waals surface area contributed by atoms with Crippen LogP contribution >= 0.6 is 0 Å². The predicted octanol–water partition coefficient (Wildman–Crippen LogP) is 1.76. The van der Waals surface area contributed by atoms with Crippen LogP contribution in [0.5, 0.6) is 0 Å². The number of amides is 2. The van der Waals surface area contributed by atoms with Gasteiger partial charge in [-0.15, -0.1) is 0 Å². The van der Waals surface area contributed by atoms with Crippen LogP contribution in [0.4, 0.5) is 4.79 Å². The number of hydrogen-bond acceptors (Lipinski definition) is 9. The maximum Gasteiger partial charge on any atom is 0.345 e. The molecule has 242 valence electrons. The van der Waals surface area contributed by atoms with Gasteiger partial charge in [0.05, 0.1) is 24.1 Å². The molecule has 0 saturated carbocycles. The molecule has 1 aromatic heterocycles. The average Bonchev–Trinajstić information content (AvgIpc) is 3.60. The maximum atomic E-state index is 13.0. The van der Waals surface area contributed by atoms with Gasteiger partial charge in [0.25, 0.3) is 0 Å². The van der Waals surface area contributed by atoms with Gasteiger partial charge in [-0.05, 0) is 37.0 Å². The zero-order valence-electron chi connectivity index (χ0n) is 26.1. The van der Waals surface area contributed by atoms with E-state index in [4.69, 9.17) is 25.7 Å². The first kappa shape index (κ1) is 34.9. The summed E-state index contributed by atoms with van der Waals surface area (Å²) in [7, 11) is 0. The molecule has 14 nitrogen and oxygen atoms in total. The summed E-state index contributed by atoms with van der Waals surface area (Å²) in [6.45, 7) is 9.25. The van der Waals surface area contributed by atoms with Crippen LogP contribution in [0.3, 0.4) is 0 Å². The fourth-order valence-electron chi connectivity index (χ4n) is 4.63. The van der Waals surface area contributed by atoms with E-state index in [9.17, 15) is 24.8 Å². The second-order valence-electron chi connectivity index (χ2n) is 11.5. The Bertz CT molecular complexity index is 1440. The van der Waals surface area contributed by atoms with Crippen molar-refractivity contribution >= 4 is 30.1 Å². The number of ether oxygens (including phenoxy) is 3. The Balaban J connectivity index is 1.95. The molecule has 3 rings (SSSR count). The van der Waals surface area contributed by atoms with Crippen molar-refractivity contribution in [3.05, 3.63) is 59.4 Å². The molecule has 5 atom stereocenters. The molecule has 1 saturated heterocycles. The molecule has 0 aliphatic carbocycles. The van der Waals surface area contributed by atoms with Crippen LogP contribution in [0.25, 0.3) is 0 Å². The van der Waals surface area contributed by atoms with Crippen molar-refractivity contribution in [1.82, 2.24) is 9.88 Å². The molecular weight excluding hydrogens is 582 g/mol. The largest absolute Gasteiger partial charge is 0.463 e. The number of urea groups is 1. The van der Waals surface area contributed by atoms with E-state index < -0.39 is 59.9 Å². The number of H-pyrrole nitrogens is 1. The Kier molecular flexibility index (Phi) is 11.6. The first-order valence-electron chi connectivity index (χ1n) is 14.6. The monoisotopic (exact) mass is 623 g/mol. The molecule has 1 aliphatic rings. The number of nitrogens with one attached hydrogen (secondary N) is 1. The zero-order valence-corrected chi connectivity index (χ0v) is 26.1. The number of nitrogens with zero attached hydrogens (tertiary/aromatic N) is 4. The van der Waals surface area contributed by atoms with Crippen LogP contribution in [-0.4, -0.2) is 89.2 Å². The average molecular weight is 624 g/mol. The fourth-order valence-corrected chi connectivity index (χ4v) is 4.63. The normalized spacial score (nSPS) is 22.5. The molecule has 0 spiro atoms. The summed E-state index contributed by atoms with van der Waals surface area (Å²) >= 11 is 0. The van der Waals surface area contributed by atoms with Crippen molar-refractivity contribution < 1.29 is 33.7 Å². The van der Waals surface area contributed by atoms with Crippen molar-refractivity contribution in [3.8, 4) is 6.07 Å². The number of amidine groups is 1. The van der Waals surface area contributed by atoms with Crippen LogP contribution in [0.1, 0.15) is 51.6 Å². The quantitative estimate of drug-likeness (QED) is 0.171. The number of rotatable bonds is 10. The Morgan fingerprint density at radius 3 is 2.44 bits per heavy atom. The van der Waals surface area contributed by atoms with Gasteiger partial charge in [0.2, 0.25) is 5.60 Å². The zero-order chi connectivity index (χ0) is 33.4. The Labute approximate surface area is 262 Å². The molecule has 1 aromatic carbocycles. The molecule has 2 aromatic rings. The lowest BCUT2D eigenvalue weighted by atomic mass is 9.87. The van der Waals surface area contributed by atoms with E-state index >= 15 is 0 Å². The number of aliphatic hydroxyl groups excluding tert-OH is 1. The smallest absolute Gasteiger partial charge is 0.345 e. The molecule has 0 unspecified atom stereocenters. The van der Waals surface area contributed by atoms with Gasteiger partial charge >= 0.3 is 18.0 Å². The standard InChI is InChI=1S/C31H41N7O7/c1-6-38(7-2)29(42)37-27(35-18-33)20-13-14-22(36-20)31(17-32)26(40)24(44-28(41)25(34)30(3,4)5)21(45-31)16-43-23(39)15-19-11-9-8-10-12-19/h8-14,18,21,24-26,36,40H,6-7,15-16,34H2,1-5H3,(H2,33,35,37,42)/t21-,24-,25-,26-,31+/m1/s1. The number of benzene rings is 1. The summed E-state index contributed by atoms with van der Waals surface area (Å²) in [5.41, 5.74) is 9.77. The molecule has 2 amide bonds. The summed E-state index contributed by atoms with van der Waals surface area (Å²) in [6, 6.07) is 12.2. The number of esters is 2. The molecule has 14 heteroatoms. The minimum Gasteiger partial charge on any atom is -0.463 e. The summed E-state index contributed by atoms with van der Waals surface area (Å²) in [5.74, 6) is -1.50. The molecule has 2 heterocycles. The topological polar surface area (TPSA) is 219 Å². The van der Waals surface area contributed by atoms with Crippen LogP contribution in [-0.2, 0) is 35.8 Å². The Morgan fingerprint density at radius 1 is 1.20 bits per heavy atom. The van der Waals surface area contributed by atoms with Crippen molar-refractivity contribution in [2.24, 2.45) is 26.9 Å². The van der Waals surface area contributed by atoms with Gasteiger partial charge in [-0.2, -0.15) is 10.3 Å². The van der Waals surface area contributed by atoms with Gasteiger partial charge in [-0.3, -0.25) is 9.59 Å². The van der Waals surface area contributed by atoms with E-state index in [2.05, 4.69) is 15.0 Å². The minimum atomic E-state index is -2.12. The second kappa shape index (κ2) is 14.9. The van der Waals surface area contributed by atoms with E-state index in [-0.39, 0.29) is 23.6 Å². The van der Waals surface area contributed by atoms with Crippen molar-refractivity contribution in [1.29, 1.82) is 5.26 Å². The molecule has 0 bridgehead atoms. The lowest BCUT2D eigenvalue weighted by Crippen LogP contribution is -2.49. The molecular formula is C31H41N7O7. The fraction of sp³-hybridized carbons (Fsp3) is 0.484. The first-order chi connectivity index (χ1) is 21.3. The third-order valence-electron chi connectivity index (χ3n) is 7.40. The number of nitrogens with two attached hydrogens (primary N) is 2. The second-order valence-corrected chi connectivity index (χ2v) is 11.5. The van der Waals surface area contributed by atoms with Crippen LogP contribution in [0.15, 0.2) is 52.4 Å². The third kappa shape index (κ3) is 8.13. The van der Waals surface area contributed by atoms with Gasteiger partial charge in [-0.25, -0.2) is 9.79 Å². The minimum absolute atomic E-state index is 0.0329. The van der Waals surface area contributed by atoms with E-state index in [1.807, 2.05) is 12.1 Å². The van der Waals surface area contributed by atoms with Gasteiger partial charge in [-0.1, -0.05) is 51.1 Å². The molecule has 0 radical (unpaired) electrons. The highest BCUT2D eigenvalue weighted by molar-refractivity contribution is 6.06. The number of aliphatic hydroxyl groups is 1. The Hall–Kier alpha value is -4.58. The maximum absolute atomic E-state index is 13.0. The molecule has 6 N–H and O–H groups in total. The highest BCUT2D eigenvalue weighted by atomic mass is 16.6. The Morgan fingerprint density at radius 2 is 1.87 bits per heavy atom. The van der Waals surface area contributed by atoms with Crippen molar-refractivity contribution in [2.75, 3.05) is 19.7 Å². The number of nitriles is 1. The summed E-state index contributed by atoms with van der Waals surface area (Å²) in [4.78, 5) is 50.7. The third-order valence-corrected chi connectivity index (χ3v) is 7.40. The number of aliphatic imine (C=N–C) groups is 2. The van der Waals surface area contributed by atoms with Gasteiger partial charge in [0.15, 0.2) is 11.9 Å². The molecule has 1 fully saturated rings. The van der Waals surface area contributed by atoms with Crippen LogP contribution in [0.2, 0.25) is 0 Å². The number of carbonyl (C=O) groups is 3. The molecule has 45 heavy (non-hydrogen) atoms. The summed E-state index contributed by atoms with van der Waals surface area (Å²) in [6.07, 6.45) is -3.51. The highest BCUT2D eigenvalue weighted by Gasteiger charge is 2.59. The van der Waals surface area contributed by atoms with Crippen molar-refractivity contribution in [2.45, 2.75) is 71.0 Å². The number of carbonyl (C=O) groups excluding carboxylic acids is 3. The summed E-state index contributed by atoms with van der Waals surface area (Å²) < 4.78 is 17.2. The lowest BCUT2D eigenvalue weighted by molar-refractivity contribution is -0.163. The van der Waals surface area contributed by atoms with Crippen LogP contribution < -0.4 is 11.5 Å². The number of aromatic nitrogens is 1. The SMILES string of the molecule is CCN(CC)C(=O)/N=C(\N=CN)c1ccc([C@]2(C#N)O[C@H](COC(=O)Cc3ccccc3)[C@@H](OC(=O)[C@@H](N)C(C)(C)C)[C@H]2O)[nH]1. The predicted molar refractivity (Wildman–Crippen MR) is 165 cm³/mol. The van der Waals surface area contributed by atoms with E-state index in [1.54, 1.807) is 58.9 Å². The highest BCUT2D eigenvalue weighted by Crippen LogP contribution is 2.41. The number of hydrogen-bond donors (Lipinski definition) is 4. The van der Waals surface area contributed by atoms with Gasteiger partial charge < -0.3 is 40.7 Å². The van der Waals surface area contributed by atoms with Gasteiger partial charge in [0.1, 0.15) is 30.9 Å². The lowest BCUT2D eigenvalue weighted by Gasteiger charge is -2.28. The first-order valence-corrected chi connectivity index (χ1v) is 14.6.